The first-order valence-electron chi connectivity index (χ1n) is 5.76. The molecule has 1 atom stereocenters. The van der Waals surface area contributed by atoms with Gasteiger partial charge in [0, 0.05) is 11.0 Å². The number of hydrogen-bond donors (Lipinski definition) is 1. The van der Waals surface area contributed by atoms with Gasteiger partial charge in [-0.1, -0.05) is 49.2 Å². The fourth-order valence-corrected chi connectivity index (χ4v) is 4.10. The lowest BCUT2D eigenvalue weighted by Crippen LogP contribution is -2.30. The van der Waals surface area contributed by atoms with Crippen molar-refractivity contribution in [3.63, 3.8) is 0 Å². The van der Waals surface area contributed by atoms with Crippen LogP contribution in [-0.2, 0) is 13.6 Å². The highest BCUT2D eigenvalue weighted by molar-refractivity contribution is 7.54. The largest absolute Gasteiger partial charge is 0.376 e. The summed E-state index contributed by atoms with van der Waals surface area (Å²) in [6, 6.07) is 4.75. The number of rotatable bonds is 2. The molecule has 1 heterocycles. The molecule has 4 nitrogen and oxygen atoms in total. The van der Waals surface area contributed by atoms with E-state index in [0.717, 1.165) is 0 Å². The molecule has 0 aromatic heterocycles. The maximum atomic E-state index is 12.5. The molecule has 0 aliphatic carbocycles. The van der Waals surface area contributed by atoms with Crippen LogP contribution in [0.5, 0.6) is 0 Å². The average Bonchev–Trinajstić information content (AvgIpc) is 2.36. The highest BCUT2D eigenvalue weighted by Crippen LogP contribution is 2.63. The van der Waals surface area contributed by atoms with Gasteiger partial charge in [-0.05, 0) is 6.07 Å². The van der Waals surface area contributed by atoms with Gasteiger partial charge in [0.15, 0.2) is 5.85 Å². The number of benzene rings is 1. The standard InChI is InChI=1S/C12H15Cl2O4P/c1-12(2)6-17-19(16,18-7-12)11(15)8-4-3-5-9(13)10(8)14/h3-5,11,15H,6-7H2,1-2H3/t11-/m0/s1. The van der Waals surface area contributed by atoms with Gasteiger partial charge in [0.25, 0.3) is 0 Å². The summed E-state index contributed by atoms with van der Waals surface area (Å²) in [5, 5.41) is 10.7. The second-order valence-electron chi connectivity index (χ2n) is 5.27. The van der Waals surface area contributed by atoms with E-state index in [4.69, 9.17) is 32.2 Å². The van der Waals surface area contributed by atoms with Crippen molar-refractivity contribution in [2.75, 3.05) is 13.2 Å². The Bertz CT molecular complexity index is 518. The molecule has 1 fully saturated rings. The Hall–Kier alpha value is -0.0900. The van der Waals surface area contributed by atoms with E-state index in [1.54, 1.807) is 18.2 Å². The van der Waals surface area contributed by atoms with Crippen molar-refractivity contribution in [1.29, 1.82) is 0 Å². The predicted octanol–water partition coefficient (Wildman–Crippen LogP) is 4.25. The van der Waals surface area contributed by atoms with E-state index >= 15 is 0 Å². The Labute approximate surface area is 122 Å². The zero-order valence-corrected chi connectivity index (χ0v) is 13.0. The van der Waals surface area contributed by atoms with Crippen LogP contribution in [0.25, 0.3) is 0 Å². The molecule has 0 bridgehead atoms. The fraction of sp³-hybridized carbons (Fsp3) is 0.500. The normalized spacial score (nSPS) is 23.0. The zero-order valence-electron chi connectivity index (χ0n) is 10.6. The quantitative estimate of drug-likeness (QED) is 0.826. The molecular weight excluding hydrogens is 310 g/mol. The first-order valence-corrected chi connectivity index (χ1v) is 8.13. The SMILES string of the molecule is CC1(C)COP(=O)([C@H](O)c2cccc(Cl)c2Cl)OC1. The maximum Gasteiger partial charge on any atom is 0.363 e. The molecule has 1 saturated heterocycles. The fourth-order valence-electron chi connectivity index (χ4n) is 1.64. The maximum absolute atomic E-state index is 12.5. The third-order valence-corrected chi connectivity index (χ3v) is 5.52. The van der Waals surface area contributed by atoms with E-state index in [0.29, 0.717) is 0 Å². The first-order chi connectivity index (χ1) is 8.75. The van der Waals surface area contributed by atoms with Crippen LogP contribution in [0, 0.1) is 5.41 Å². The van der Waals surface area contributed by atoms with Crippen LogP contribution < -0.4 is 0 Å². The van der Waals surface area contributed by atoms with Crippen LogP contribution in [0.1, 0.15) is 25.3 Å². The van der Waals surface area contributed by atoms with Crippen molar-refractivity contribution < 1.29 is 18.7 Å². The summed E-state index contributed by atoms with van der Waals surface area (Å²) in [6.07, 6.45) is 0. The minimum Gasteiger partial charge on any atom is -0.376 e. The Morgan fingerprint density at radius 2 is 1.89 bits per heavy atom. The highest BCUT2D eigenvalue weighted by atomic mass is 35.5. The van der Waals surface area contributed by atoms with Crippen LogP contribution in [0.4, 0.5) is 0 Å². The molecule has 0 radical (unpaired) electrons. The average molecular weight is 325 g/mol. The molecule has 106 valence electrons. The van der Waals surface area contributed by atoms with Crippen LogP contribution in [0.3, 0.4) is 0 Å². The minimum atomic E-state index is -3.64. The lowest BCUT2D eigenvalue weighted by molar-refractivity contribution is 0.0229. The minimum absolute atomic E-state index is 0.156. The Kier molecular flexibility index (Phi) is 4.32. The molecular formula is C12H15Cl2O4P. The smallest absolute Gasteiger partial charge is 0.363 e. The van der Waals surface area contributed by atoms with Crippen molar-refractivity contribution in [3.8, 4) is 0 Å². The second kappa shape index (κ2) is 5.36. The van der Waals surface area contributed by atoms with Gasteiger partial charge in [0.05, 0.1) is 23.3 Å². The Balaban J connectivity index is 2.27. The monoisotopic (exact) mass is 324 g/mol. The van der Waals surface area contributed by atoms with Gasteiger partial charge in [0.2, 0.25) is 0 Å². The van der Waals surface area contributed by atoms with Crippen molar-refractivity contribution >= 4 is 30.8 Å². The molecule has 1 aromatic rings. The molecule has 2 rings (SSSR count). The molecule has 0 spiro atoms. The summed E-state index contributed by atoms with van der Waals surface area (Å²) in [7, 11) is -3.64. The lowest BCUT2D eigenvalue weighted by Gasteiger charge is -2.36. The van der Waals surface area contributed by atoms with E-state index < -0.39 is 13.4 Å². The zero-order chi connectivity index (χ0) is 14.3. The van der Waals surface area contributed by atoms with E-state index in [1.807, 2.05) is 13.8 Å². The van der Waals surface area contributed by atoms with Crippen molar-refractivity contribution in [1.82, 2.24) is 0 Å². The molecule has 0 unspecified atom stereocenters. The molecule has 19 heavy (non-hydrogen) atoms. The van der Waals surface area contributed by atoms with E-state index in [9.17, 15) is 9.67 Å². The van der Waals surface area contributed by atoms with Crippen molar-refractivity contribution in [3.05, 3.63) is 33.8 Å². The van der Waals surface area contributed by atoms with Gasteiger partial charge in [-0.3, -0.25) is 4.57 Å². The number of hydrogen-bond acceptors (Lipinski definition) is 4. The van der Waals surface area contributed by atoms with Crippen LogP contribution in [-0.4, -0.2) is 18.3 Å². The summed E-state index contributed by atoms with van der Waals surface area (Å²) < 4.78 is 23.0. The van der Waals surface area contributed by atoms with Crippen molar-refractivity contribution in [2.45, 2.75) is 19.7 Å². The third-order valence-electron chi connectivity index (χ3n) is 2.83. The summed E-state index contributed by atoms with van der Waals surface area (Å²) >= 11 is 11.9. The van der Waals surface area contributed by atoms with Crippen molar-refractivity contribution in [2.24, 2.45) is 5.41 Å². The first kappa shape index (κ1) is 15.3. The lowest BCUT2D eigenvalue weighted by atomic mass is 9.97. The predicted molar refractivity (Wildman–Crippen MR) is 74.7 cm³/mol. The summed E-state index contributed by atoms with van der Waals surface area (Å²) in [5.74, 6) is -1.44. The molecule has 1 aromatic carbocycles. The van der Waals surface area contributed by atoms with Crippen LogP contribution in [0.2, 0.25) is 10.0 Å². The van der Waals surface area contributed by atoms with Gasteiger partial charge >= 0.3 is 7.60 Å². The highest BCUT2D eigenvalue weighted by Gasteiger charge is 2.43. The second-order valence-corrected chi connectivity index (χ2v) is 8.14. The topological polar surface area (TPSA) is 55.8 Å². The van der Waals surface area contributed by atoms with Gasteiger partial charge in [-0.25, -0.2) is 0 Å². The molecule has 1 aliphatic rings. The molecule has 1 N–H and O–H groups in total. The molecule has 7 heteroatoms. The number of aliphatic hydroxyl groups excluding tert-OH is 1. The van der Waals surface area contributed by atoms with Gasteiger partial charge in [-0.15, -0.1) is 0 Å². The van der Waals surface area contributed by atoms with Crippen LogP contribution in [0.15, 0.2) is 18.2 Å². The molecule has 0 saturated carbocycles. The van der Waals surface area contributed by atoms with Gasteiger partial charge in [-0.2, -0.15) is 0 Å². The van der Waals surface area contributed by atoms with E-state index in [1.165, 1.54) is 0 Å². The van der Waals surface area contributed by atoms with Gasteiger partial charge < -0.3 is 14.2 Å². The molecule has 1 aliphatic heterocycles. The summed E-state index contributed by atoms with van der Waals surface area (Å²) in [5.41, 5.74) is 0.0170. The summed E-state index contributed by atoms with van der Waals surface area (Å²) in [6.45, 7) is 4.35. The van der Waals surface area contributed by atoms with Crippen LogP contribution >= 0.6 is 30.8 Å². The Morgan fingerprint density at radius 1 is 1.32 bits per heavy atom. The third kappa shape index (κ3) is 3.15. The van der Waals surface area contributed by atoms with E-state index in [2.05, 4.69) is 0 Å². The summed E-state index contributed by atoms with van der Waals surface area (Å²) in [4.78, 5) is 0. The number of aliphatic hydroxyl groups is 1. The number of halogens is 2. The molecule has 0 amide bonds. The van der Waals surface area contributed by atoms with Gasteiger partial charge in [0.1, 0.15) is 0 Å². The Morgan fingerprint density at radius 3 is 2.47 bits per heavy atom. The van der Waals surface area contributed by atoms with E-state index in [-0.39, 0.29) is 34.2 Å².